The Labute approximate surface area is 923 Å². The zero-order valence-corrected chi connectivity index (χ0v) is 101. The van der Waals surface area contributed by atoms with Crippen molar-refractivity contribution in [2.75, 3.05) is 109 Å². The third kappa shape index (κ3) is 30.1. The molecular weight excluding hydrogens is 1980 g/mol. The van der Waals surface area contributed by atoms with Crippen LogP contribution in [0.25, 0.3) is 43.1 Å². The highest BCUT2D eigenvalue weighted by Crippen LogP contribution is 2.58. The second-order valence-electron chi connectivity index (χ2n) is 44.2. The lowest BCUT2D eigenvalue weighted by molar-refractivity contribution is 0.151. The van der Waals surface area contributed by atoms with Gasteiger partial charge in [-0.2, -0.15) is 0 Å². The van der Waals surface area contributed by atoms with Crippen LogP contribution in [0.1, 0.15) is 271 Å². The Morgan fingerprint density at radius 1 is 0.289 bits per heavy atom. The molecule has 4 N–H and O–H groups in total. The van der Waals surface area contributed by atoms with Crippen LogP contribution in [0.15, 0.2) is 233 Å². The molecule has 10 fully saturated rings. The Morgan fingerprint density at radius 2 is 0.624 bits per heavy atom. The number of aryl methyl sites for hydroxylation is 9. The molecule has 8 heterocycles. The predicted octanol–water partition coefficient (Wildman–Crippen LogP) is 32.7. The Hall–Kier alpha value is -6.44. The van der Waals surface area contributed by atoms with Crippen molar-refractivity contribution in [2.45, 2.75) is 345 Å². The van der Waals surface area contributed by atoms with Crippen molar-refractivity contribution in [2.24, 2.45) is 29.6 Å². The summed E-state index contributed by atoms with van der Waals surface area (Å²) in [5.41, 5.74) is 14.3. The Balaban J connectivity index is 0.000000128. The molecule has 22 rings (SSSR count). The molecule has 8 aliphatic heterocycles. The van der Waals surface area contributed by atoms with E-state index in [1.165, 1.54) is 294 Å². The van der Waals surface area contributed by atoms with Crippen molar-refractivity contribution < 1.29 is 34.6 Å². The van der Waals surface area contributed by atoms with Crippen molar-refractivity contribution in [3.05, 3.63) is 261 Å². The first-order valence-corrected chi connectivity index (χ1v) is 69.9. The summed E-state index contributed by atoms with van der Waals surface area (Å²) in [6, 6.07) is 72.6. The van der Waals surface area contributed by atoms with E-state index in [-0.39, 0.29) is 0 Å². The van der Waals surface area contributed by atoms with Crippen LogP contribution >= 0.6 is 0 Å². The molecule has 802 valence electrons. The average molecular weight is 2160 g/mol. The summed E-state index contributed by atoms with van der Waals surface area (Å²) < 4.78 is 16.7. The summed E-state index contributed by atoms with van der Waals surface area (Å²) >= 11 is 0. The standard InChI is InChI=1S/C23H29OS.C21H29OS.C18H23OS.C18H28OS.C15H17S.C14H20OS.C13H18OS.C12H16OS/c1-2-24-12-11-16-9-10-23(20-6-4-3-5-19(16)20)25-14-21-17-7-8-18(13-17)22(21)15-25;1-4-22-14-13-17-11-12-21(19-9-6-5-8-18(17)19)23-15-7-10-20(23)16(2)3;1-2-19-12-11-15-9-10-18(20-13-5-6-14-20)17-8-4-3-7-16(15)17;1-3-5-9-15-13-17(20-11-7-8-12-20)14-16(18(15)19)10-6-4-2;1-12-8-9-15(16-10-4-5-11-16)14-7-3-2-6-13(12)14;1-9-7-13(8-10(2)14(9)15)16-11(3)5-6-12(16)4;1-9-7-12(8-10(2)13(9)14)15-6-4-5-11(15)3;1-9-7-11(8-10(2)12(9)13)14-5-3-4-6-14/h3-6,9-10,17-18,21-22H,2,7-8,11-15H2,1H3;5-6,8-9,11-12,16,20H,4,7,10,13-15H2,1-3H3;3-4,7-10H,2,5-6,11-14H2,1H3;13-14H,3-12H2,1-2H3;2-3,6-9H,4-5,10-11H2,1H3;7-8,11-12H,5-6H2,1-4H3;7-8,11H,4-6H2,1-3H3;7-8H,3-6H2,1-2H3/q3*+1;;+1;;;/p+4. The molecule has 0 amide bonds. The maximum Gasteiger partial charge on any atom is 0.163 e. The minimum atomic E-state index is 0.380. The number of unbranched alkanes of at least 4 members (excludes halogenated alkanes) is 2. The van der Waals surface area contributed by atoms with Crippen LogP contribution in [-0.2, 0) is 133 Å². The van der Waals surface area contributed by atoms with Crippen molar-refractivity contribution in [1.82, 2.24) is 0 Å². The number of hydrogen-bond acceptors (Lipinski definition) is 7. The van der Waals surface area contributed by atoms with Gasteiger partial charge >= 0.3 is 0 Å². The van der Waals surface area contributed by atoms with Crippen LogP contribution in [0.5, 0.6) is 23.0 Å². The lowest BCUT2D eigenvalue weighted by Crippen LogP contribution is -2.23. The summed E-state index contributed by atoms with van der Waals surface area (Å²) in [4.78, 5) is 12.4. The van der Waals surface area contributed by atoms with E-state index in [4.69, 9.17) is 14.2 Å². The van der Waals surface area contributed by atoms with Crippen molar-refractivity contribution >= 4 is 130 Å². The van der Waals surface area contributed by atoms with Crippen LogP contribution in [0, 0.1) is 78.1 Å². The quantitative estimate of drug-likeness (QED) is 0.0300. The monoisotopic (exact) mass is 2160 g/mol. The molecule has 10 unspecified atom stereocenters. The van der Waals surface area contributed by atoms with E-state index in [0.29, 0.717) is 110 Å². The largest absolute Gasteiger partial charge is 0.507 e. The zero-order valence-electron chi connectivity index (χ0n) is 94.1. The Kier molecular flexibility index (Phi) is 45.4. The normalized spacial score (nSPS) is 22.4. The molecule has 10 atom stereocenters. The Morgan fingerprint density at radius 3 is 1.01 bits per heavy atom. The van der Waals surface area contributed by atoms with Gasteiger partial charge in [0.1, 0.15) is 113 Å². The summed E-state index contributed by atoms with van der Waals surface area (Å²) in [6.07, 6.45) is 33.9. The van der Waals surface area contributed by atoms with Crippen LogP contribution < -0.4 is 0 Å². The van der Waals surface area contributed by atoms with Gasteiger partial charge in [-0.1, -0.05) is 138 Å². The van der Waals surface area contributed by atoms with Crippen LogP contribution in [0.4, 0.5) is 0 Å². The predicted molar refractivity (Wildman–Crippen MR) is 662 cm³/mol. The molecule has 2 saturated carbocycles. The fourth-order valence-electron chi connectivity index (χ4n) is 25.0. The van der Waals surface area contributed by atoms with Gasteiger partial charge in [0, 0.05) is 165 Å². The SMILES string of the molecule is CCCCc1cc([S+]2CCCC2)cc(CCCC)c1O.CCOCCc1ccc([S+]2CC3C4CCC(C4)C3C2)c2ccccc12.CCOCCc1ccc([S+]2CCCC2)c2ccccc12.CCOCCc1ccc([S+]2CCCC2C(C)C)c2ccccc12.Cc1cc([S+]2C(C)CCC2C)cc(C)c1O.Cc1cc([S+]2CCCC2)cc(C)c1O.Cc1cc([S+]2CCCC2C)cc(C)c1O.Cc1ccc([S+]2CCCC2)c2ccccc12. The maximum absolute atomic E-state index is 10.5. The fourth-order valence-corrected chi connectivity index (χ4v) is 47.0. The molecule has 0 radical (unpaired) electrons. The van der Waals surface area contributed by atoms with Crippen molar-refractivity contribution in [1.29, 1.82) is 0 Å². The van der Waals surface area contributed by atoms with Crippen molar-refractivity contribution in [3.63, 3.8) is 0 Å². The van der Waals surface area contributed by atoms with Gasteiger partial charge in [0.2, 0.25) is 0 Å². The topological polar surface area (TPSA) is 109 Å². The smallest absolute Gasteiger partial charge is 0.163 e. The fraction of sp³-hybridized carbons (Fsp3) is 0.522. The maximum atomic E-state index is 10.5. The lowest BCUT2D eigenvalue weighted by atomic mass is 9.82. The van der Waals surface area contributed by atoms with Gasteiger partial charge in [-0.05, 0) is 423 Å². The zero-order chi connectivity index (χ0) is 105. The molecule has 15 heteroatoms. The third-order valence-corrected chi connectivity index (χ3v) is 54.8. The van der Waals surface area contributed by atoms with E-state index in [9.17, 15) is 20.4 Å². The minimum absolute atomic E-state index is 0.380. The molecule has 2 bridgehead atoms. The van der Waals surface area contributed by atoms with Gasteiger partial charge in [-0.25, -0.2) is 0 Å². The van der Waals surface area contributed by atoms with Gasteiger partial charge in [0.15, 0.2) is 39.2 Å². The molecule has 7 nitrogen and oxygen atoms in total. The molecule has 12 aromatic rings. The molecule has 2 aliphatic carbocycles. The Bertz CT molecular complexity index is 6140. The van der Waals surface area contributed by atoms with E-state index in [0.717, 1.165) is 156 Å². The van der Waals surface area contributed by atoms with Gasteiger partial charge in [0.05, 0.1) is 19.8 Å². The second kappa shape index (κ2) is 58.0. The number of benzene rings is 12. The molecule has 0 aromatic heterocycles. The van der Waals surface area contributed by atoms with Crippen LogP contribution in [-0.4, -0.2) is 150 Å². The third-order valence-electron chi connectivity index (χ3n) is 33.3. The first-order valence-electron chi connectivity index (χ1n) is 57.8. The number of fused-ring (bicyclic) bond motifs is 9. The van der Waals surface area contributed by atoms with Gasteiger partial charge in [-0.15, -0.1) is 0 Å². The second-order valence-corrected chi connectivity index (χ2v) is 63.0. The number of ether oxygens (including phenoxy) is 3. The highest BCUT2D eigenvalue weighted by Gasteiger charge is 2.57. The van der Waals surface area contributed by atoms with E-state index >= 15 is 0 Å². The number of aromatic hydroxyl groups is 4. The van der Waals surface area contributed by atoms with Gasteiger partial charge < -0.3 is 34.6 Å². The van der Waals surface area contributed by atoms with E-state index in [1.54, 1.807) is 26.0 Å². The molecule has 8 saturated heterocycles. The first kappa shape index (κ1) is 117. The highest BCUT2D eigenvalue weighted by atomic mass is 32.2. The van der Waals surface area contributed by atoms with Gasteiger partial charge in [-0.3, -0.25) is 0 Å². The highest BCUT2D eigenvalue weighted by molar-refractivity contribution is 7.99. The summed E-state index contributed by atoms with van der Waals surface area (Å²) in [7, 11) is 3.64. The summed E-state index contributed by atoms with van der Waals surface area (Å²) in [6.45, 7) is 41.6. The molecular formula is C134H184O7S8+8. The molecule has 149 heavy (non-hydrogen) atoms. The van der Waals surface area contributed by atoms with E-state index in [2.05, 4.69) is 270 Å². The number of phenols is 4. The summed E-state index contributed by atoms with van der Waals surface area (Å²) in [5, 5.41) is 54.8. The summed E-state index contributed by atoms with van der Waals surface area (Å²) in [5.74, 6) is 23.8. The van der Waals surface area contributed by atoms with Crippen LogP contribution in [0.2, 0.25) is 0 Å². The van der Waals surface area contributed by atoms with Crippen molar-refractivity contribution in [3.8, 4) is 23.0 Å². The molecule has 12 aromatic carbocycles. The average Bonchev–Trinajstić information content (AvgIpc) is 1.58. The van der Waals surface area contributed by atoms with Gasteiger partial charge in [0.25, 0.3) is 0 Å². The first-order chi connectivity index (χ1) is 72.4. The number of phenolic OH excluding ortho intramolecular Hbond substituents is 4. The molecule has 10 aliphatic rings. The number of hydrogen-bond donors (Lipinski definition) is 4. The minimum Gasteiger partial charge on any atom is -0.507 e. The van der Waals surface area contributed by atoms with Crippen LogP contribution in [0.3, 0.4) is 0 Å². The lowest BCUT2D eigenvalue weighted by Gasteiger charge is -2.19. The van der Waals surface area contributed by atoms with E-state index < -0.39 is 0 Å². The number of rotatable bonds is 27. The molecule has 0 spiro atoms. The van der Waals surface area contributed by atoms with E-state index in [1.807, 2.05) is 41.5 Å².